The number of ether oxygens (including phenoxy) is 2. The van der Waals surface area contributed by atoms with E-state index in [2.05, 4.69) is 0 Å². The molecule has 110 valence electrons. The van der Waals surface area contributed by atoms with Crippen LogP contribution in [0.2, 0.25) is 0 Å². The average molecular weight is 287 g/mol. The first kappa shape index (κ1) is 13.9. The minimum absolute atomic E-state index is 0.283. The smallest absolute Gasteiger partial charge is 0.166 e. The fourth-order valence-corrected chi connectivity index (χ4v) is 2.82. The summed E-state index contributed by atoms with van der Waals surface area (Å²) in [6, 6.07) is 8.41. The van der Waals surface area contributed by atoms with Crippen LogP contribution in [0.5, 0.6) is 11.5 Å². The highest BCUT2D eigenvalue weighted by Crippen LogP contribution is 2.39. The number of halogens is 1. The van der Waals surface area contributed by atoms with Gasteiger partial charge in [-0.25, -0.2) is 4.39 Å². The van der Waals surface area contributed by atoms with Crippen molar-refractivity contribution in [2.24, 2.45) is 5.73 Å². The van der Waals surface area contributed by atoms with Crippen LogP contribution >= 0.6 is 0 Å². The van der Waals surface area contributed by atoms with E-state index >= 15 is 0 Å². The Hall–Kier alpha value is -2.07. The third kappa shape index (κ3) is 2.47. The molecule has 2 N–H and O–H groups in total. The zero-order valence-corrected chi connectivity index (χ0v) is 12.2. The SMILES string of the molecule is Cc1cc(C)c(C(N)c2cccc3c2OCCO3)c(F)c1. The van der Waals surface area contributed by atoms with Crippen molar-refractivity contribution in [3.05, 3.63) is 58.4 Å². The van der Waals surface area contributed by atoms with Crippen molar-refractivity contribution in [1.82, 2.24) is 0 Å². The second kappa shape index (κ2) is 5.37. The van der Waals surface area contributed by atoms with E-state index in [-0.39, 0.29) is 5.82 Å². The second-order valence-corrected chi connectivity index (χ2v) is 5.33. The highest BCUT2D eigenvalue weighted by Gasteiger charge is 2.24. The van der Waals surface area contributed by atoms with Crippen molar-refractivity contribution in [2.75, 3.05) is 13.2 Å². The average Bonchev–Trinajstić information content (AvgIpc) is 2.45. The molecule has 0 aliphatic carbocycles. The Morgan fingerprint density at radius 1 is 1.14 bits per heavy atom. The molecule has 3 rings (SSSR count). The van der Waals surface area contributed by atoms with Gasteiger partial charge in [0.15, 0.2) is 11.5 Å². The Labute approximate surface area is 123 Å². The van der Waals surface area contributed by atoms with Gasteiger partial charge in [0.25, 0.3) is 0 Å². The van der Waals surface area contributed by atoms with Crippen LogP contribution in [-0.4, -0.2) is 13.2 Å². The minimum atomic E-state index is -0.581. The zero-order valence-electron chi connectivity index (χ0n) is 12.2. The van der Waals surface area contributed by atoms with Gasteiger partial charge in [-0.2, -0.15) is 0 Å². The van der Waals surface area contributed by atoms with Gasteiger partial charge in [0.2, 0.25) is 0 Å². The molecule has 2 aromatic rings. The van der Waals surface area contributed by atoms with Crippen molar-refractivity contribution < 1.29 is 13.9 Å². The van der Waals surface area contributed by atoms with Crippen LogP contribution in [0.1, 0.15) is 28.3 Å². The normalized spacial score (nSPS) is 14.9. The zero-order chi connectivity index (χ0) is 15.0. The largest absolute Gasteiger partial charge is 0.486 e. The van der Waals surface area contributed by atoms with E-state index in [0.29, 0.717) is 30.3 Å². The third-order valence-corrected chi connectivity index (χ3v) is 3.72. The summed E-state index contributed by atoms with van der Waals surface area (Å²) in [4.78, 5) is 0. The van der Waals surface area contributed by atoms with Gasteiger partial charge in [0, 0.05) is 11.1 Å². The van der Waals surface area contributed by atoms with Gasteiger partial charge in [-0.3, -0.25) is 0 Å². The predicted octanol–water partition coefficient (Wildman–Crippen LogP) is 3.26. The van der Waals surface area contributed by atoms with Crippen molar-refractivity contribution in [3.8, 4) is 11.5 Å². The molecule has 0 aromatic heterocycles. The quantitative estimate of drug-likeness (QED) is 0.922. The van der Waals surface area contributed by atoms with E-state index in [0.717, 1.165) is 16.7 Å². The van der Waals surface area contributed by atoms with Crippen molar-refractivity contribution in [3.63, 3.8) is 0 Å². The molecule has 1 aliphatic rings. The molecule has 0 spiro atoms. The van der Waals surface area contributed by atoms with Crippen LogP contribution in [0.4, 0.5) is 4.39 Å². The predicted molar refractivity (Wildman–Crippen MR) is 79.3 cm³/mol. The summed E-state index contributed by atoms with van der Waals surface area (Å²) in [7, 11) is 0. The summed E-state index contributed by atoms with van der Waals surface area (Å²) in [6.07, 6.45) is 0. The van der Waals surface area contributed by atoms with Gasteiger partial charge in [-0.05, 0) is 37.1 Å². The van der Waals surface area contributed by atoms with Gasteiger partial charge < -0.3 is 15.2 Å². The molecule has 1 unspecified atom stereocenters. The Bertz CT molecular complexity index is 661. The molecule has 1 aliphatic heterocycles. The maximum atomic E-state index is 14.3. The van der Waals surface area contributed by atoms with Gasteiger partial charge in [0.05, 0.1) is 6.04 Å². The number of hydrogen-bond acceptors (Lipinski definition) is 3. The number of fused-ring (bicyclic) bond motifs is 1. The Balaban J connectivity index is 2.09. The van der Waals surface area contributed by atoms with Crippen molar-refractivity contribution in [1.29, 1.82) is 0 Å². The lowest BCUT2D eigenvalue weighted by Crippen LogP contribution is -2.21. The maximum absolute atomic E-state index is 14.3. The highest BCUT2D eigenvalue weighted by molar-refractivity contribution is 5.52. The molecule has 21 heavy (non-hydrogen) atoms. The summed E-state index contributed by atoms with van der Waals surface area (Å²) in [5, 5.41) is 0. The highest BCUT2D eigenvalue weighted by atomic mass is 19.1. The molecule has 1 atom stereocenters. The molecule has 0 radical (unpaired) electrons. The summed E-state index contributed by atoms with van der Waals surface area (Å²) in [5.74, 6) is 1.00. The molecule has 4 heteroatoms. The van der Waals surface area contributed by atoms with E-state index in [1.165, 1.54) is 6.07 Å². The van der Waals surface area contributed by atoms with Gasteiger partial charge in [0.1, 0.15) is 19.0 Å². The lowest BCUT2D eigenvalue weighted by Gasteiger charge is -2.24. The molecule has 2 aromatic carbocycles. The number of benzene rings is 2. The molecule has 0 bridgehead atoms. The Morgan fingerprint density at radius 3 is 2.67 bits per heavy atom. The topological polar surface area (TPSA) is 44.5 Å². The summed E-state index contributed by atoms with van der Waals surface area (Å²) in [6.45, 7) is 4.74. The second-order valence-electron chi connectivity index (χ2n) is 5.33. The van der Waals surface area contributed by atoms with E-state index in [1.54, 1.807) is 0 Å². The maximum Gasteiger partial charge on any atom is 0.166 e. The van der Waals surface area contributed by atoms with Crippen LogP contribution in [-0.2, 0) is 0 Å². The van der Waals surface area contributed by atoms with E-state index in [9.17, 15) is 4.39 Å². The van der Waals surface area contributed by atoms with Gasteiger partial charge >= 0.3 is 0 Å². The number of aryl methyl sites for hydroxylation is 2. The monoisotopic (exact) mass is 287 g/mol. The van der Waals surface area contributed by atoms with Crippen LogP contribution in [0.25, 0.3) is 0 Å². The molecule has 0 fully saturated rings. The molecule has 0 amide bonds. The lowest BCUT2D eigenvalue weighted by atomic mass is 9.93. The number of para-hydroxylation sites is 1. The lowest BCUT2D eigenvalue weighted by molar-refractivity contribution is 0.169. The van der Waals surface area contributed by atoms with E-state index in [4.69, 9.17) is 15.2 Å². The van der Waals surface area contributed by atoms with E-state index < -0.39 is 6.04 Å². The molecule has 0 saturated heterocycles. The summed E-state index contributed by atoms with van der Waals surface area (Å²) >= 11 is 0. The van der Waals surface area contributed by atoms with Crippen molar-refractivity contribution in [2.45, 2.75) is 19.9 Å². The summed E-state index contributed by atoms with van der Waals surface area (Å²) < 4.78 is 25.6. The van der Waals surface area contributed by atoms with Gasteiger partial charge in [-0.1, -0.05) is 18.2 Å². The minimum Gasteiger partial charge on any atom is -0.486 e. The van der Waals surface area contributed by atoms with Crippen molar-refractivity contribution >= 4 is 0 Å². The van der Waals surface area contributed by atoms with Crippen LogP contribution in [0.3, 0.4) is 0 Å². The first-order chi connectivity index (χ1) is 10.1. The van der Waals surface area contributed by atoms with E-state index in [1.807, 2.05) is 38.1 Å². The first-order valence-corrected chi connectivity index (χ1v) is 6.98. The van der Waals surface area contributed by atoms with Gasteiger partial charge in [-0.15, -0.1) is 0 Å². The molecule has 3 nitrogen and oxygen atoms in total. The molecule has 0 saturated carbocycles. The first-order valence-electron chi connectivity index (χ1n) is 6.98. The molecular formula is C17H18FNO2. The number of nitrogens with two attached hydrogens (primary N) is 1. The van der Waals surface area contributed by atoms with Crippen LogP contribution in [0, 0.1) is 19.7 Å². The molecule has 1 heterocycles. The fourth-order valence-electron chi connectivity index (χ4n) is 2.82. The molecular weight excluding hydrogens is 269 g/mol. The third-order valence-electron chi connectivity index (χ3n) is 3.72. The Morgan fingerprint density at radius 2 is 1.90 bits per heavy atom. The van der Waals surface area contributed by atoms with Crippen LogP contribution in [0.15, 0.2) is 30.3 Å². The number of hydrogen-bond donors (Lipinski definition) is 1. The van der Waals surface area contributed by atoms with Crippen LogP contribution < -0.4 is 15.2 Å². The summed E-state index contributed by atoms with van der Waals surface area (Å²) in [5.41, 5.74) is 9.29. The number of rotatable bonds is 2. The fraction of sp³-hybridized carbons (Fsp3) is 0.294. The standard InChI is InChI=1S/C17H18FNO2/c1-10-8-11(2)15(13(18)9-10)16(19)12-4-3-5-14-17(12)21-7-6-20-14/h3-5,8-9,16H,6-7,19H2,1-2H3. The Kier molecular flexibility index (Phi) is 3.55.